The highest BCUT2D eigenvalue weighted by atomic mass is 79.9. The van der Waals surface area contributed by atoms with Gasteiger partial charge in [0.1, 0.15) is 5.75 Å². The van der Waals surface area contributed by atoms with Gasteiger partial charge in [-0.2, -0.15) is 0 Å². The Kier molecular flexibility index (Phi) is 7.60. The summed E-state index contributed by atoms with van der Waals surface area (Å²) in [6.07, 6.45) is 2.64. The Hall–Kier alpha value is -1.52. The first-order valence-electron chi connectivity index (χ1n) is 8.01. The first-order chi connectivity index (χ1) is 11.6. The molecule has 0 aliphatic carbocycles. The molecule has 0 atom stereocenters. The number of hydrogen-bond acceptors (Lipinski definition) is 2. The van der Waals surface area contributed by atoms with Gasteiger partial charge >= 0.3 is 0 Å². The number of nitrogens with one attached hydrogen (secondary N) is 1. The molecule has 2 aromatic carbocycles. The maximum Gasteiger partial charge on any atom is 0.257 e. The fourth-order valence-electron chi connectivity index (χ4n) is 2.28. The number of hydrogen-bond donors (Lipinski definition) is 1. The van der Waals surface area contributed by atoms with Crippen molar-refractivity contribution in [3.8, 4) is 5.75 Å². The van der Waals surface area contributed by atoms with Crippen LogP contribution in [0.15, 0.2) is 46.9 Å². The van der Waals surface area contributed by atoms with Crippen molar-refractivity contribution in [1.29, 1.82) is 0 Å². The molecule has 0 radical (unpaired) electrons. The molecular weight excluding hydrogens is 390 g/mol. The van der Waals surface area contributed by atoms with Crippen LogP contribution in [0.25, 0.3) is 0 Å². The van der Waals surface area contributed by atoms with Gasteiger partial charge in [0.15, 0.2) is 6.61 Å². The number of rotatable bonds is 8. The Labute approximate surface area is 156 Å². The zero-order valence-corrected chi connectivity index (χ0v) is 16.0. The minimum atomic E-state index is -0.124. The van der Waals surface area contributed by atoms with Gasteiger partial charge in [-0.25, -0.2) is 0 Å². The predicted molar refractivity (Wildman–Crippen MR) is 102 cm³/mol. The monoisotopic (exact) mass is 409 g/mol. The molecule has 2 rings (SSSR count). The molecule has 0 saturated carbocycles. The van der Waals surface area contributed by atoms with Gasteiger partial charge in [-0.05, 0) is 64.5 Å². The Morgan fingerprint density at radius 1 is 1.25 bits per heavy atom. The molecular formula is C19H21BrClNO2. The van der Waals surface area contributed by atoms with Gasteiger partial charge in [-0.3, -0.25) is 4.79 Å². The molecule has 0 spiro atoms. The molecule has 0 unspecified atom stereocenters. The van der Waals surface area contributed by atoms with Crippen LogP contribution in [0.4, 0.5) is 0 Å². The lowest BCUT2D eigenvalue weighted by Crippen LogP contribution is -2.30. The van der Waals surface area contributed by atoms with E-state index in [4.69, 9.17) is 16.3 Å². The molecule has 0 bridgehead atoms. The summed E-state index contributed by atoms with van der Waals surface area (Å²) in [5.74, 6) is 0.555. The summed E-state index contributed by atoms with van der Waals surface area (Å²) in [6, 6.07) is 13.7. The summed E-state index contributed by atoms with van der Waals surface area (Å²) < 4.78 is 6.42. The Morgan fingerprint density at radius 2 is 2.04 bits per heavy atom. The number of benzene rings is 2. The molecule has 0 heterocycles. The molecule has 3 nitrogen and oxygen atoms in total. The number of halogens is 2. The van der Waals surface area contributed by atoms with Crippen LogP contribution >= 0.6 is 27.5 Å². The van der Waals surface area contributed by atoms with Crippen molar-refractivity contribution in [2.75, 3.05) is 13.2 Å². The van der Waals surface area contributed by atoms with E-state index >= 15 is 0 Å². The van der Waals surface area contributed by atoms with Crippen molar-refractivity contribution < 1.29 is 9.53 Å². The Balaban J connectivity index is 1.69. The second-order valence-electron chi connectivity index (χ2n) is 5.45. The summed E-state index contributed by atoms with van der Waals surface area (Å²) >= 11 is 9.57. The molecule has 1 amide bonds. The zero-order chi connectivity index (χ0) is 17.4. The van der Waals surface area contributed by atoms with Crippen molar-refractivity contribution in [3.63, 3.8) is 0 Å². The van der Waals surface area contributed by atoms with E-state index in [1.165, 1.54) is 5.56 Å². The summed E-state index contributed by atoms with van der Waals surface area (Å²) in [5, 5.41) is 3.63. The number of aryl methyl sites for hydroxylation is 2. The van der Waals surface area contributed by atoms with Gasteiger partial charge in [0.2, 0.25) is 0 Å². The van der Waals surface area contributed by atoms with Gasteiger partial charge in [-0.1, -0.05) is 42.8 Å². The number of carbonyl (C=O) groups excluding carboxylic acids is 1. The third kappa shape index (κ3) is 5.84. The van der Waals surface area contributed by atoms with Crippen LogP contribution in [0, 0.1) is 0 Å². The van der Waals surface area contributed by atoms with Gasteiger partial charge in [0.05, 0.1) is 4.47 Å². The Bertz CT molecular complexity index is 691. The standard InChI is InChI=1S/C19H21BrClNO2/c1-2-14-9-10-18(16(20)12-14)24-13-19(23)22-11-5-7-15-6-3-4-8-17(15)21/h3-4,6,8-10,12H,2,5,7,11,13H2,1H3,(H,22,23). The lowest BCUT2D eigenvalue weighted by Gasteiger charge is -2.10. The summed E-state index contributed by atoms with van der Waals surface area (Å²) in [7, 11) is 0. The first-order valence-corrected chi connectivity index (χ1v) is 9.18. The summed E-state index contributed by atoms with van der Waals surface area (Å²) in [5.41, 5.74) is 2.32. The molecule has 24 heavy (non-hydrogen) atoms. The van der Waals surface area contributed by atoms with Crippen LogP contribution in [0.5, 0.6) is 5.75 Å². The van der Waals surface area contributed by atoms with Gasteiger partial charge in [0.25, 0.3) is 5.91 Å². The highest BCUT2D eigenvalue weighted by Gasteiger charge is 2.06. The smallest absolute Gasteiger partial charge is 0.257 e. The van der Waals surface area contributed by atoms with E-state index < -0.39 is 0 Å². The normalized spacial score (nSPS) is 10.5. The van der Waals surface area contributed by atoms with Crippen molar-refractivity contribution in [1.82, 2.24) is 5.32 Å². The van der Waals surface area contributed by atoms with Crippen LogP contribution in [0.3, 0.4) is 0 Å². The molecule has 5 heteroatoms. The van der Waals surface area contributed by atoms with Crippen LogP contribution in [0.1, 0.15) is 24.5 Å². The average molecular weight is 411 g/mol. The number of ether oxygens (including phenoxy) is 1. The second-order valence-corrected chi connectivity index (χ2v) is 6.71. The maximum atomic E-state index is 11.9. The van der Waals surface area contributed by atoms with Crippen molar-refractivity contribution in [2.45, 2.75) is 26.2 Å². The van der Waals surface area contributed by atoms with Crippen LogP contribution < -0.4 is 10.1 Å². The molecule has 2 aromatic rings. The number of carbonyl (C=O) groups is 1. The van der Waals surface area contributed by atoms with E-state index in [9.17, 15) is 4.79 Å². The van der Waals surface area contributed by atoms with Crippen LogP contribution in [-0.2, 0) is 17.6 Å². The highest BCUT2D eigenvalue weighted by Crippen LogP contribution is 2.26. The SMILES string of the molecule is CCc1ccc(OCC(=O)NCCCc2ccccc2Cl)c(Br)c1. The highest BCUT2D eigenvalue weighted by molar-refractivity contribution is 9.10. The van der Waals surface area contributed by atoms with E-state index in [2.05, 4.69) is 28.2 Å². The minimum absolute atomic E-state index is 0.0101. The molecule has 0 fully saturated rings. The lowest BCUT2D eigenvalue weighted by molar-refractivity contribution is -0.123. The largest absolute Gasteiger partial charge is 0.483 e. The fourth-order valence-corrected chi connectivity index (χ4v) is 3.05. The molecule has 128 valence electrons. The lowest BCUT2D eigenvalue weighted by atomic mass is 10.1. The van der Waals surface area contributed by atoms with Crippen LogP contribution in [0.2, 0.25) is 5.02 Å². The van der Waals surface area contributed by atoms with Crippen molar-refractivity contribution in [2.24, 2.45) is 0 Å². The topological polar surface area (TPSA) is 38.3 Å². The van der Waals surface area contributed by atoms with E-state index in [-0.39, 0.29) is 12.5 Å². The Morgan fingerprint density at radius 3 is 2.75 bits per heavy atom. The third-order valence-electron chi connectivity index (χ3n) is 3.67. The molecule has 0 aromatic heterocycles. The van der Waals surface area contributed by atoms with Crippen molar-refractivity contribution >= 4 is 33.4 Å². The van der Waals surface area contributed by atoms with Gasteiger partial charge in [-0.15, -0.1) is 0 Å². The fraction of sp³-hybridized carbons (Fsp3) is 0.316. The average Bonchev–Trinajstić information content (AvgIpc) is 2.59. The quantitative estimate of drug-likeness (QED) is 0.635. The predicted octanol–water partition coefficient (Wildman–Crippen LogP) is 4.79. The summed E-state index contributed by atoms with van der Waals surface area (Å²) in [4.78, 5) is 11.9. The summed E-state index contributed by atoms with van der Waals surface area (Å²) in [6.45, 7) is 2.71. The first kappa shape index (κ1) is 18.8. The van der Waals surface area contributed by atoms with Crippen molar-refractivity contribution in [3.05, 3.63) is 63.1 Å². The molecule has 1 N–H and O–H groups in total. The second kappa shape index (κ2) is 9.70. The molecule has 0 aliphatic heterocycles. The van der Waals surface area contributed by atoms with Gasteiger partial charge < -0.3 is 10.1 Å². The van der Waals surface area contributed by atoms with E-state index in [1.807, 2.05) is 42.5 Å². The maximum absolute atomic E-state index is 11.9. The third-order valence-corrected chi connectivity index (χ3v) is 4.65. The van der Waals surface area contributed by atoms with E-state index in [1.54, 1.807) is 0 Å². The minimum Gasteiger partial charge on any atom is -0.483 e. The van der Waals surface area contributed by atoms with E-state index in [0.717, 1.165) is 34.3 Å². The molecule has 0 saturated heterocycles. The van der Waals surface area contributed by atoms with Crippen LogP contribution in [-0.4, -0.2) is 19.1 Å². The molecule has 0 aliphatic rings. The number of amides is 1. The van der Waals surface area contributed by atoms with E-state index in [0.29, 0.717) is 12.3 Å². The zero-order valence-electron chi connectivity index (χ0n) is 13.6. The van der Waals surface area contributed by atoms with Gasteiger partial charge in [0, 0.05) is 11.6 Å².